The zero-order chi connectivity index (χ0) is 9.97. The summed E-state index contributed by atoms with van der Waals surface area (Å²) in [5.41, 5.74) is 3.33. The van der Waals surface area contributed by atoms with E-state index in [-0.39, 0.29) is 6.04 Å². The van der Waals surface area contributed by atoms with Crippen LogP contribution in [0.5, 0.6) is 0 Å². The molecule has 0 spiro atoms. The van der Waals surface area contributed by atoms with Crippen LogP contribution < -0.4 is 5.48 Å². The van der Waals surface area contributed by atoms with Gasteiger partial charge in [-0.15, -0.1) is 0 Å². The SMILES string of the molecule is C[C@H](NO)c1ccc2ccccc2c1. The molecule has 72 valence electrons. The van der Waals surface area contributed by atoms with Crippen molar-refractivity contribution in [1.82, 2.24) is 5.48 Å². The Morgan fingerprint density at radius 3 is 2.50 bits per heavy atom. The van der Waals surface area contributed by atoms with Gasteiger partial charge >= 0.3 is 0 Å². The van der Waals surface area contributed by atoms with Gasteiger partial charge in [0, 0.05) is 0 Å². The molecule has 0 aliphatic carbocycles. The van der Waals surface area contributed by atoms with Crippen LogP contribution in [0.25, 0.3) is 10.8 Å². The van der Waals surface area contributed by atoms with E-state index in [1.807, 2.05) is 25.1 Å². The number of hydrogen-bond acceptors (Lipinski definition) is 2. The molecule has 0 unspecified atom stereocenters. The molecule has 0 amide bonds. The summed E-state index contributed by atoms with van der Waals surface area (Å²) in [4.78, 5) is 0. The highest BCUT2D eigenvalue weighted by molar-refractivity contribution is 5.83. The van der Waals surface area contributed by atoms with E-state index in [0.29, 0.717) is 0 Å². The van der Waals surface area contributed by atoms with Gasteiger partial charge in [-0.25, -0.2) is 0 Å². The van der Waals surface area contributed by atoms with Gasteiger partial charge in [-0.1, -0.05) is 36.4 Å². The minimum absolute atomic E-state index is 0.0281. The van der Waals surface area contributed by atoms with Crippen LogP contribution in [-0.2, 0) is 0 Å². The first kappa shape index (κ1) is 9.19. The van der Waals surface area contributed by atoms with Crippen LogP contribution in [0.4, 0.5) is 0 Å². The molecule has 1 atom stereocenters. The number of rotatable bonds is 2. The van der Waals surface area contributed by atoms with Gasteiger partial charge in [0.05, 0.1) is 6.04 Å². The van der Waals surface area contributed by atoms with Gasteiger partial charge in [-0.05, 0) is 29.3 Å². The lowest BCUT2D eigenvalue weighted by atomic mass is 10.0. The second kappa shape index (κ2) is 3.78. The number of fused-ring (bicyclic) bond motifs is 1. The lowest BCUT2D eigenvalue weighted by molar-refractivity contribution is 0.133. The van der Waals surface area contributed by atoms with E-state index in [2.05, 4.69) is 29.7 Å². The zero-order valence-electron chi connectivity index (χ0n) is 8.07. The third-order valence-electron chi connectivity index (χ3n) is 2.47. The summed E-state index contributed by atoms with van der Waals surface area (Å²) in [7, 11) is 0. The summed E-state index contributed by atoms with van der Waals surface area (Å²) >= 11 is 0. The largest absolute Gasteiger partial charge is 0.316 e. The van der Waals surface area contributed by atoms with Gasteiger partial charge < -0.3 is 5.21 Å². The molecule has 0 radical (unpaired) electrons. The van der Waals surface area contributed by atoms with Gasteiger partial charge in [0.2, 0.25) is 0 Å². The molecule has 0 aliphatic rings. The van der Waals surface area contributed by atoms with Crippen molar-refractivity contribution < 1.29 is 5.21 Å². The van der Waals surface area contributed by atoms with Crippen LogP contribution in [0.3, 0.4) is 0 Å². The normalized spacial score (nSPS) is 13.0. The third kappa shape index (κ3) is 1.62. The third-order valence-corrected chi connectivity index (χ3v) is 2.47. The molecule has 2 N–H and O–H groups in total. The van der Waals surface area contributed by atoms with Gasteiger partial charge in [0.1, 0.15) is 0 Å². The van der Waals surface area contributed by atoms with Crippen LogP contribution in [0, 0.1) is 0 Å². The highest BCUT2D eigenvalue weighted by Gasteiger charge is 2.03. The molecule has 0 saturated carbocycles. The van der Waals surface area contributed by atoms with E-state index in [9.17, 15) is 0 Å². The molecule has 0 saturated heterocycles. The van der Waals surface area contributed by atoms with Crippen LogP contribution in [-0.4, -0.2) is 5.21 Å². The quantitative estimate of drug-likeness (QED) is 0.708. The first-order valence-corrected chi connectivity index (χ1v) is 4.69. The van der Waals surface area contributed by atoms with Crippen LogP contribution in [0.1, 0.15) is 18.5 Å². The lowest BCUT2D eigenvalue weighted by Crippen LogP contribution is -2.12. The fourth-order valence-electron chi connectivity index (χ4n) is 1.55. The van der Waals surface area contributed by atoms with E-state index >= 15 is 0 Å². The zero-order valence-corrected chi connectivity index (χ0v) is 8.07. The summed E-state index contributed by atoms with van der Waals surface area (Å²) in [6.07, 6.45) is 0. The van der Waals surface area contributed by atoms with Gasteiger partial charge in [-0.2, -0.15) is 5.48 Å². The summed E-state index contributed by atoms with van der Waals surface area (Å²) in [6, 6.07) is 14.3. The number of hydroxylamine groups is 1. The monoisotopic (exact) mass is 187 g/mol. The van der Waals surface area contributed by atoms with Crippen LogP contribution in [0.2, 0.25) is 0 Å². The Morgan fingerprint density at radius 1 is 1.07 bits per heavy atom. The van der Waals surface area contributed by atoms with Crippen molar-refractivity contribution in [2.24, 2.45) is 0 Å². The van der Waals surface area contributed by atoms with Crippen molar-refractivity contribution in [2.45, 2.75) is 13.0 Å². The summed E-state index contributed by atoms with van der Waals surface area (Å²) in [6.45, 7) is 1.92. The van der Waals surface area contributed by atoms with Crippen LogP contribution in [0.15, 0.2) is 42.5 Å². The summed E-state index contributed by atoms with van der Waals surface area (Å²) in [5.74, 6) is 0. The predicted octanol–water partition coefficient (Wildman–Crippen LogP) is 2.88. The molecular weight excluding hydrogens is 174 g/mol. The van der Waals surface area contributed by atoms with E-state index in [0.717, 1.165) is 5.56 Å². The van der Waals surface area contributed by atoms with Crippen LogP contribution >= 0.6 is 0 Å². The molecule has 2 heteroatoms. The Kier molecular flexibility index (Phi) is 2.48. The van der Waals surface area contributed by atoms with Crippen molar-refractivity contribution in [3.63, 3.8) is 0 Å². The maximum Gasteiger partial charge on any atom is 0.0540 e. The second-order valence-corrected chi connectivity index (χ2v) is 3.46. The van der Waals surface area contributed by atoms with E-state index < -0.39 is 0 Å². The molecule has 2 rings (SSSR count). The molecule has 14 heavy (non-hydrogen) atoms. The highest BCUT2D eigenvalue weighted by atomic mass is 16.5. The molecule has 0 bridgehead atoms. The smallest absolute Gasteiger partial charge is 0.0540 e. The standard InChI is InChI=1S/C12H13NO/c1-9(13-14)11-7-6-10-4-2-3-5-12(10)8-11/h2-9,13-14H,1H3/t9-/m0/s1. The predicted molar refractivity (Wildman–Crippen MR) is 57.3 cm³/mol. The minimum atomic E-state index is -0.0281. The van der Waals surface area contributed by atoms with Gasteiger partial charge in [0.25, 0.3) is 0 Å². The second-order valence-electron chi connectivity index (χ2n) is 3.46. The van der Waals surface area contributed by atoms with Crippen molar-refractivity contribution in [2.75, 3.05) is 0 Å². The molecule has 2 aromatic rings. The molecule has 0 heterocycles. The Hall–Kier alpha value is -1.38. The van der Waals surface area contributed by atoms with Gasteiger partial charge in [-0.3, -0.25) is 0 Å². The van der Waals surface area contributed by atoms with Crippen molar-refractivity contribution in [1.29, 1.82) is 0 Å². The Balaban J connectivity index is 2.51. The summed E-state index contributed by atoms with van der Waals surface area (Å²) in [5, 5.41) is 11.2. The minimum Gasteiger partial charge on any atom is -0.316 e. The van der Waals surface area contributed by atoms with Crippen molar-refractivity contribution >= 4 is 10.8 Å². The van der Waals surface area contributed by atoms with Crippen molar-refractivity contribution in [3.8, 4) is 0 Å². The van der Waals surface area contributed by atoms with E-state index in [1.54, 1.807) is 0 Å². The molecule has 2 nitrogen and oxygen atoms in total. The maximum absolute atomic E-state index is 8.81. The fraction of sp³-hybridized carbons (Fsp3) is 0.167. The number of hydrogen-bond donors (Lipinski definition) is 2. The first-order valence-electron chi connectivity index (χ1n) is 4.69. The average Bonchev–Trinajstić information content (AvgIpc) is 2.27. The maximum atomic E-state index is 8.81. The molecule has 2 aromatic carbocycles. The Labute approximate surface area is 83.1 Å². The highest BCUT2D eigenvalue weighted by Crippen LogP contribution is 2.19. The molecule has 0 aromatic heterocycles. The topological polar surface area (TPSA) is 32.3 Å². The van der Waals surface area contributed by atoms with Gasteiger partial charge in [0.15, 0.2) is 0 Å². The number of nitrogens with one attached hydrogen (secondary N) is 1. The van der Waals surface area contributed by atoms with Crippen molar-refractivity contribution in [3.05, 3.63) is 48.0 Å². The molecule has 0 fully saturated rings. The number of benzene rings is 2. The molecular formula is C12H13NO. The Bertz CT molecular complexity index is 439. The summed E-state index contributed by atoms with van der Waals surface area (Å²) < 4.78 is 0. The Morgan fingerprint density at radius 2 is 1.79 bits per heavy atom. The first-order chi connectivity index (χ1) is 6.81. The average molecular weight is 187 g/mol. The molecule has 0 aliphatic heterocycles. The fourth-order valence-corrected chi connectivity index (χ4v) is 1.55. The van der Waals surface area contributed by atoms with E-state index in [4.69, 9.17) is 5.21 Å². The van der Waals surface area contributed by atoms with E-state index in [1.165, 1.54) is 10.8 Å². The lowest BCUT2D eigenvalue weighted by Gasteiger charge is -2.09.